The summed E-state index contributed by atoms with van der Waals surface area (Å²) in [6, 6.07) is -0.594. The van der Waals surface area contributed by atoms with Gasteiger partial charge in [-0.05, 0) is 6.92 Å². The van der Waals surface area contributed by atoms with Crippen molar-refractivity contribution in [1.29, 1.82) is 0 Å². The van der Waals surface area contributed by atoms with Crippen molar-refractivity contribution in [3.63, 3.8) is 0 Å². The van der Waals surface area contributed by atoms with Crippen molar-refractivity contribution in [2.75, 3.05) is 7.05 Å². The first-order valence-electron chi connectivity index (χ1n) is 3.59. The van der Waals surface area contributed by atoms with Crippen LogP contribution in [0.2, 0.25) is 0 Å². The van der Waals surface area contributed by atoms with Crippen LogP contribution in [-0.2, 0) is 0 Å². The van der Waals surface area contributed by atoms with Crippen LogP contribution in [0.25, 0.3) is 0 Å². The molecule has 0 fully saturated rings. The normalized spacial score (nSPS) is 10.6. The molecule has 0 atom stereocenters. The van der Waals surface area contributed by atoms with Gasteiger partial charge >= 0.3 is 6.03 Å². The summed E-state index contributed by atoms with van der Waals surface area (Å²) in [5.41, 5.74) is 5.69. The average Bonchev–Trinajstić information content (AvgIpc) is 2.47. The molecule has 0 aromatic carbocycles. The lowest BCUT2D eigenvalue weighted by atomic mass is 10.5. The molecule has 0 saturated heterocycles. The number of thiazole rings is 1. The first-order chi connectivity index (χ1) is 6.09. The minimum atomic E-state index is -0.594. The fourth-order valence-corrected chi connectivity index (χ4v) is 1.21. The maximum atomic E-state index is 10.5. The van der Waals surface area contributed by atoms with Gasteiger partial charge in [0.05, 0.1) is 16.9 Å². The number of urea groups is 1. The Labute approximate surface area is 79.9 Å². The summed E-state index contributed by atoms with van der Waals surface area (Å²) in [4.78, 5) is 14.7. The van der Waals surface area contributed by atoms with Gasteiger partial charge < -0.3 is 5.73 Å². The first-order valence-corrected chi connectivity index (χ1v) is 4.47. The molecular formula is C7H10N4OS. The van der Waals surface area contributed by atoms with Gasteiger partial charge in [0, 0.05) is 12.4 Å². The summed E-state index contributed by atoms with van der Waals surface area (Å²) in [5.74, 6) is 0. The second kappa shape index (κ2) is 3.99. The van der Waals surface area contributed by atoms with Crippen molar-refractivity contribution in [2.45, 2.75) is 6.92 Å². The molecule has 6 heteroatoms. The lowest BCUT2D eigenvalue weighted by molar-refractivity contribution is 0.220. The molecule has 0 aliphatic carbocycles. The zero-order valence-electron chi connectivity index (χ0n) is 7.39. The van der Waals surface area contributed by atoms with Gasteiger partial charge in [0.25, 0.3) is 0 Å². The summed E-state index contributed by atoms with van der Waals surface area (Å²) >= 11 is 1.53. The van der Waals surface area contributed by atoms with Gasteiger partial charge in [-0.15, -0.1) is 11.3 Å². The van der Waals surface area contributed by atoms with Gasteiger partial charge in [-0.3, -0.25) is 0 Å². The topological polar surface area (TPSA) is 71.6 Å². The zero-order valence-corrected chi connectivity index (χ0v) is 8.21. The van der Waals surface area contributed by atoms with Crippen LogP contribution in [-0.4, -0.2) is 29.3 Å². The molecule has 2 N–H and O–H groups in total. The maximum Gasteiger partial charge on any atom is 0.334 e. The number of nitrogens with two attached hydrogens (primary N) is 1. The molecule has 1 heterocycles. The van der Waals surface area contributed by atoms with E-state index in [1.165, 1.54) is 24.6 Å². The molecule has 0 spiro atoms. The second-order valence-electron chi connectivity index (χ2n) is 2.40. The van der Waals surface area contributed by atoms with Crippen molar-refractivity contribution in [1.82, 2.24) is 9.99 Å². The number of primary amides is 1. The van der Waals surface area contributed by atoms with Gasteiger partial charge in [-0.25, -0.2) is 14.8 Å². The number of carbonyl (C=O) groups excluding carboxylic acids is 1. The Balaban J connectivity index is 2.63. The smallest absolute Gasteiger partial charge is 0.334 e. The van der Waals surface area contributed by atoms with Crippen molar-refractivity contribution in [2.24, 2.45) is 10.8 Å². The third kappa shape index (κ3) is 2.83. The molecule has 0 radical (unpaired) electrons. The highest BCUT2D eigenvalue weighted by molar-refractivity contribution is 7.09. The number of rotatable bonds is 2. The minimum absolute atomic E-state index is 0.594. The molecule has 5 nitrogen and oxygen atoms in total. The average molecular weight is 198 g/mol. The van der Waals surface area contributed by atoms with Crippen molar-refractivity contribution in [3.05, 3.63) is 16.1 Å². The molecule has 1 rings (SSSR count). The molecule has 0 bridgehead atoms. The van der Waals surface area contributed by atoms with Crippen LogP contribution in [0, 0.1) is 6.92 Å². The molecule has 0 saturated carbocycles. The Kier molecular flexibility index (Phi) is 2.97. The van der Waals surface area contributed by atoms with Crippen molar-refractivity contribution >= 4 is 23.6 Å². The zero-order chi connectivity index (χ0) is 9.84. The third-order valence-electron chi connectivity index (χ3n) is 1.32. The number of hydrazone groups is 1. The third-order valence-corrected chi connectivity index (χ3v) is 2.11. The highest BCUT2D eigenvalue weighted by atomic mass is 32.1. The summed E-state index contributed by atoms with van der Waals surface area (Å²) in [5, 5.41) is 7.65. The molecule has 0 aliphatic heterocycles. The first kappa shape index (κ1) is 9.66. The minimum Gasteiger partial charge on any atom is -0.350 e. The maximum absolute atomic E-state index is 10.5. The SMILES string of the molecule is Cc1nc(/C=N/N(C)C(N)=O)cs1. The Morgan fingerprint density at radius 3 is 3.00 bits per heavy atom. The van der Waals surface area contributed by atoms with E-state index in [2.05, 4.69) is 10.1 Å². The molecule has 0 unspecified atom stereocenters. The number of hydrogen-bond donors (Lipinski definition) is 1. The van der Waals surface area contributed by atoms with E-state index < -0.39 is 6.03 Å². The number of nitrogens with zero attached hydrogens (tertiary/aromatic N) is 3. The number of aryl methyl sites for hydroxylation is 1. The molecule has 1 aromatic heterocycles. The Morgan fingerprint density at radius 2 is 2.54 bits per heavy atom. The molecule has 1 aromatic rings. The fourth-order valence-electron chi connectivity index (χ4n) is 0.642. The lowest BCUT2D eigenvalue weighted by Gasteiger charge is -2.04. The Bertz CT molecular complexity index is 333. The van der Waals surface area contributed by atoms with E-state index in [0.29, 0.717) is 0 Å². The summed E-state index contributed by atoms with van der Waals surface area (Å²) in [6.07, 6.45) is 1.49. The van der Waals surface area contributed by atoms with Crippen molar-refractivity contribution < 1.29 is 4.79 Å². The molecular weight excluding hydrogens is 188 g/mol. The van der Waals surface area contributed by atoms with Crippen LogP contribution in [0.4, 0.5) is 4.79 Å². The Morgan fingerprint density at radius 1 is 1.85 bits per heavy atom. The van der Waals surface area contributed by atoms with E-state index in [9.17, 15) is 4.79 Å². The number of carbonyl (C=O) groups is 1. The standard InChI is InChI=1S/C7H10N4OS/c1-5-10-6(4-13-5)3-9-11(2)7(8)12/h3-4H,1-2H3,(H2,8,12)/b9-3+. The highest BCUT2D eigenvalue weighted by Gasteiger charge is 1.98. The number of hydrogen-bond acceptors (Lipinski definition) is 4. The second-order valence-corrected chi connectivity index (χ2v) is 3.46. The van der Waals surface area contributed by atoms with E-state index in [1.54, 1.807) is 0 Å². The van der Waals surface area contributed by atoms with E-state index in [-0.39, 0.29) is 0 Å². The largest absolute Gasteiger partial charge is 0.350 e. The van der Waals surface area contributed by atoms with E-state index >= 15 is 0 Å². The predicted octanol–water partition coefficient (Wildman–Crippen LogP) is 0.796. The summed E-state index contributed by atoms with van der Waals surface area (Å²) in [6.45, 7) is 1.90. The number of aromatic nitrogens is 1. The van der Waals surface area contributed by atoms with E-state index in [4.69, 9.17) is 5.73 Å². The lowest BCUT2D eigenvalue weighted by Crippen LogP contribution is -2.27. The quantitative estimate of drug-likeness (QED) is 0.564. The highest BCUT2D eigenvalue weighted by Crippen LogP contribution is 2.05. The van der Waals surface area contributed by atoms with Crippen LogP contribution >= 0.6 is 11.3 Å². The van der Waals surface area contributed by atoms with Gasteiger partial charge in [-0.1, -0.05) is 0 Å². The van der Waals surface area contributed by atoms with Gasteiger partial charge in [-0.2, -0.15) is 5.10 Å². The van der Waals surface area contributed by atoms with Crippen LogP contribution in [0.3, 0.4) is 0 Å². The van der Waals surface area contributed by atoms with Crippen LogP contribution in [0.15, 0.2) is 10.5 Å². The summed E-state index contributed by atoms with van der Waals surface area (Å²) < 4.78 is 0. The Hall–Kier alpha value is -1.43. The number of amides is 2. The molecule has 70 valence electrons. The van der Waals surface area contributed by atoms with E-state index in [1.807, 2.05) is 12.3 Å². The van der Waals surface area contributed by atoms with Crippen LogP contribution < -0.4 is 5.73 Å². The fraction of sp³-hybridized carbons (Fsp3) is 0.286. The van der Waals surface area contributed by atoms with Crippen LogP contribution in [0.1, 0.15) is 10.7 Å². The van der Waals surface area contributed by atoms with Crippen LogP contribution in [0.5, 0.6) is 0 Å². The molecule has 2 amide bonds. The summed E-state index contributed by atoms with van der Waals surface area (Å²) in [7, 11) is 1.48. The van der Waals surface area contributed by atoms with Gasteiger partial charge in [0.1, 0.15) is 0 Å². The van der Waals surface area contributed by atoms with Gasteiger partial charge in [0.2, 0.25) is 0 Å². The predicted molar refractivity (Wildman–Crippen MR) is 51.8 cm³/mol. The molecule has 13 heavy (non-hydrogen) atoms. The van der Waals surface area contributed by atoms with E-state index in [0.717, 1.165) is 15.7 Å². The van der Waals surface area contributed by atoms with Gasteiger partial charge in [0.15, 0.2) is 0 Å². The molecule has 0 aliphatic rings. The van der Waals surface area contributed by atoms with Crippen molar-refractivity contribution in [3.8, 4) is 0 Å². The monoisotopic (exact) mass is 198 g/mol.